The first-order valence-electron chi connectivity index (χ1n) is 4.93. The van der Waals surface area contributed by atoms with Crippen molar-refractivity contribution >= 4 is 23.1 Å². The zero-order valence-corrected chi connectivity index (χ0v) is 10.6. The van der Waals surface area contributed by atoms with E-state index in [0.717, 1.165) is 0 Å². The van der Waals surface area contributed by atoms with Gasteiger partial charge >= 0.3 is 0 Å². The molecule has 0 aliphatic rings. The Balaban J connectivity index is 3.00. The Bertz CT molecular complexity index is 687. The number of ether oxygens (including phenoxy) is 2. The molecule has 0 unspecified atom stereocenters. The summed E-state index contributed by atoms with van der Waals surface area (Å²) in [6.07, 6.45) is 0. The Morgan fingerprint density at radius 3 is 2.59 bits per heavy atom. The molecule has 1 aromatic carbocycles. The maximum Gasteiger partial charge on any atom is 0.262 e. The first kappa shape index (κ1) is 11.7. The van der Waals surface area contributed by atoms with Gasteiger partial charge in [-0.3, -0.25) is 9.36 Å². The molecule has 2 aromatic rings. The van der Waals surface area contributed by atoms with Crippen LogP contribution in [0.3, 0.4) is 0 Å². The van der Waals surface area contributed by atoms with Crippen molar-refractivity contribution in [2.45, 2.75) is 0 Å². The minimum Gasteiger partial charge on any atom is -0.497 e. The molecule has 0 amide bonds. The minimum atomic E-state index is -0.180. The number of nitrogens with zero attached hydrogens (tertiary/aromatic N) is 1. The standard InChI is InChI=1S/C11H12N2O3S/c1-13-10(14)7-4-6(15-2)5-8(16-3)9(7)12-11(13)17/h4-5H,1-3H3,(H,12,17). The number of methoxy groups -OCH3 is 2. The van der Waals surface area contributed by atoms with Gasteiger partial charge in [-0.2, -0.15) is 0 Å². The number of hydrogen-bond donors (Lipinski definition) is 1. The number of benzene rings is 1. The summed E-state index contributed by atoms with van der Waals surface area (Å²) < 4.78 is 12.1. The highest BCUT2D eigenvalue weighted by atomic mass is 32.1. The number of H-pyrrole nitrogens is 1. The maximum atomic E-state index is 12.1. The Morgan fingerprint density at radius 1 is 1.29 bits per heavy atom. The van der Waals surface area contributed by atoms with Crippen molar-refractivity contribution in [3.8, 4) is 11.5 Å². The van der Waals surface area contributed by atoms with Crippen LogP contribution in [0.25, 0.3) is 10.9 Å². The van der Waals surface area contributed by atoms with Crippen molar-refractivity contribution in [1.82, 2.24) is 9.55 Å². The molecule has 0 fully saturated rings. The molecule has 0 atom stereocenters. The average Bonchev–Trinajstić information content (AvgIpc) is 2.35. The van der Waals surface area contributed by atoms with Crippen molar-refractivity contribution < 1.29 is 9.47 Å². The van der Waals surface area contributed by atoms with E-state index in [1.54, 1.807) is 19.2 Å². The van der Waals surface area contributed by atoms with Crippen LogP contribution in [-0.2, 0) is 7.05 Å². The van der Waals surface area contributed by atoms with Crippen molar-refractivity contribution in [2.24, 2.45) is 7.05 Å². The zero-order valence-electron chi connectivity index (χ0n) is 9.73. The van der Waals surface area contributed by atoms with Gasteiger partial charge < -0.3 is 14.5 Å². The molecule has 5 nitrogen and oxygen atoms in total. The first-order valence-corrected chi connectivity index (χ1v) is 5.34. The fraction of sp³-hybridized carbons (Fsp3) is 0.273. The van der Waals surface area contributed by atoms with Crippen LogP contribution in [0.5, 0.6) is 11.5 Å². The number of fused-ring (bicyclic) bond motifs is 1. The first-order chi connectivity index (χ1) is 8.08. The molecule has 1 aromatic heterocycles. The lowest BCUT2D eigenvalue weighted by atomic mass is 10.2. The predicted molar refractivity (Wildman–Crippen MR) is 67.5 cm³/mol. The molecule has 0 spiro atoms. The van der Waals surface area contributed by atoms with Crippen molar-refractivity contribution in [3.63, 3.8) is 0 Å². The van der Waals surface area contributed by atoms with Gasteiger partial charge in [0, 0.05) is 13.1 Å². The topological polar surface area (TPSA) is 56.2 Å². The molecule has 17 heavy (non-hydrogen) atoms. The molecule has 90 valence electrons. The largest absolute Gasteiger partial charge is 0.497 e. The molecule has 0 saturated carbocycles. The average molecular weight is 252 g/mol. The molecule has 6 heteroatoms. The van der Waals surface area contributed by atoms with E-state index in [-0.39, 0.29) is 5.56 Å². The van der Waals surface area contributed by atoms with Crippen LogP contribution in [-0.4, -0.2) is 23.8 Å². The Hall–Kier alpha value is -1.82. The third-order valence-corrected chi connectivity index (χ3v) is 2.98. The highest BCUT2D eigenvalue weighted by molar-refractivity contribution is 7.71. The van der Waals surface area contributed by atoms with Crippen LogP contribution >= 0.6 is 12.2 Å². The third kappa shape index (κ3) is 1.80. The van der Waals surface area contributed by atoms with Gasteiger partial charge in [-0.1, -0.05) is 0 Å². The molecule has 0 saturated heterocycles. The van der Waals surface area contributed by atoms with Crippen LogP contribution in [0.4, 0.5) is 0 Å². The molecule has 0 aliphatic carbocycles. The van der Waals surface area contributed by atoms with Crippen LogP contribution in [0.1, 0.15) is 0 Å². The fourth-order valence-electron chi connectivity index (χ4n) is 1.63. The Kier molecular flexibility index (Phi) is 2.89. The third-order valence-electron chi connectivity index (χ3n) is 2.60. The highest BCUT2D eigenvalue weighted by Crippen LogP contribution is 2.27. The van der Waals surface area contributed by atoms with E-state index in [0.29, 0.717) is 27.2 Å². The number of nitrogens with one attached hydrogen (secondary N) is 1. The summed E-state index contributed by atoms with van der Waals surface area (Å²) >= 11 is 5.06. The van der Waals surface area contributed by atoms with Crippen LogP contribution in [0, 0.1) is 4.77 Å². The number of hydrogen-bond acceptors (Lipinski definition) is 4. The number of rotatable bonds is 2. The minimum absolute atomic E-state index is 0.180. The van der Waals surface area contributed by atoms with E-state index in [1.165, 1.54) is 18.8 Å². The second-order valence-corrected chi connectivity index (χ2v) is 3.93. The van der Waals surface area contributed by atoms with E-state index in [1.807, 2.05) is 0 Å². The van der Waals surface area contributed by atoms with Crippen LogP contribution in [0.2, 0.25) is 0 Å². The molecule has 2 rings (SSSR count). The van der Waals surface area contributed by atoms with Gasteiger partial charge in [0.2, 0.25) is 0 Å². The summed E-state index contributed by atoms with van der Waals surface area (Å²) in [6.45, 7) is 0. The Morgan fingerprint density at radius 2 is 2.00 bits per heavy atom. The molecular weight excluding hydrogens is 240 g/mol. The summed E-state index contributed by atoms with van der Waals surface area (Å²) in [5.74, 6) is 1.10. The van der Waals surface area contributed by atoms with Crippen LogP contribution in [0.15, 0.2) is 16.9 Å². The van der Waals surface area contributed by atoms with Gasteiger partial charge in [-0.05, 0) is 18.3 Å². The van der Waals surface area contributed by atoms with Gasteiger partial charge in [-0.15, -0.1) is 0 Å². The zero-order chi connectivity index (χ0) is 12.6. The quantitative estimate of drug-likeness (QED) is 0.825. The fourth-order valence-corrected chi connectivity index (χ4v) is 1.82. The SMILES string of the molecule is COc1cc(OC)c2[nH]c(=S)n(C)c(=O)c2c1. The van der Waals surface area contributed by atoms with E-state index in [2.05, 4.69) is 4.98 Å². The lowest BCUT2D eigenvalue weighted by Gasteiger charge is -2.09. The van der Waals surface area contributed by atoms with Gasteiger partial charge in [0.1, 0.15) is 11.5 Å². The smallest absolute Gasteiger partial charge is 0.262 e. The van der Waals surface area contributed by atoms with Gasteiger partial charge in [0.15, 0.2) is 4.77 Å². The molecule has 1 N–H and O–H groups in total. The van der Waals surface area contributed by atoms with E-state index in [4.69, 9.17) is 21.7 Å². The van der Waals surface area contributed by atoms with Gasteiger partial charge in [0.05, 0.1) is 25.1 Å². The monoisotopic (exact) mass is 252 g/mol. The Labute approximate surface area is 103 Å². The van der Waals surface area contributed by atoms with Crippen LogP contribution < -0.4 is 15.0 Å². The summed E-state index contributed by atoms with van der Waals surface area (Å²) in [6, 6.07) is 3.36. The summed E-state index contributed by atoms with van der Waals surface area (Å²) in [7, 11) is 4.69. The van der Waals surface area contributed by atoms with Crippen molar-refractivity contribution in [2.75, 3.05) is 14.2 Å². The van der Waals surface area contributed by atoms with Gasteiger partial charge in [0.25, 0.3) is 5.56 Å². The molecule has 0 bridgehead atoms. The van der Waals surface area contributed by atoms with E-state index < -0.39 is 0 Å². The normalized spacial score (nSPS) is 10.5. The second kappa shape index (κ2) is 4.21. The molecule has 0 radical (unpaired) electrons. The molecule has 0 aliphatic heterocycles. The van der Waals surface area contributed by atoms with Gasteiger partial charge in [-0.25, -0.2) is 0 Å². The second-order valence-electron chi connectivity index (χ2n) is 3.55. The summed E-state index contributed by atoms with van der Waals surface area (Å²) in [5, 5.41) is 0.484. The van der Waals surface area contributed by atoms with E-state index in [9.17, 15) is 4.79 Å². The lowest BCUT2D eigenvalue weighted by Crippen LogP contribution is -2.18. The summed E-state index contributed by atoms with van der Waals surface area (Å²) in [4.78, 5) is 15.0. The predicted octanol–water partition coefficient (Wildman–Crippen LogP) is 1.61. The number of aromatic nitrogens is 2. The van der Waals surface area contributed by atoms with E-state index >= 15 is 0 Å². The van der Waals surface area contributed by atoms with Crippen molar-refractivity contribution in [3.05, 3.63) is 27.3 Å². The summed E-state index contributed by atoms with van der Waals surface area (Å²) in [5.41, 5.74) is 0.405. The maximum absolute atomic E-state index is 12.1. The molecule has 1 heterocycles. The molecular formula is C11H12N2O3S. The number of aromatic amines is 1. The van der Waals surface area contributed by atoms with Crippen molar-refractivity contribution in [1.29, 1.82) is 0 Å². The highest BCUT2D eigenvalue weighted by Gasteiger charge is 2.10. The lowest BCUT2D eigenvalue weighted by molar-refractivity contribution is 0.397.